The third-order valence-corrected chi connectivity index (χ3v) is 4.10. The van der Waals surface area contributed by atoms with Gasteiger partial charge in [0.1, 0.15) is 5.76 Å². The molecule has 1 atom stereocenters. The van der Waals surface area contributed by atoms with Gasteiger partial charge < -0.3 is 14.6 Å². The highest BCUT2D eigenvalue weighted by Gasteiger charge is 2.28. The van der Waals surface area contributed by atoms with Crippen molar-refractivity contribution < 1.29 is 9.21 Å². The Morgan fingerprint density at radius 3 is 2.60 bits per heavy atom. The lowest BCUT2D eigenvalue weighted by Gasteiger charge is -2.37. The second-order valence-corrected chi connectivity index (χ2v) is 5.39. The second kappa shape index (κ2) is 6.61. The third kappa shape index (κ3) is 3.16. The molecule has 3 rings (SSSR count). The monoisotopic (exact) mass is 299 g/mol. The molecule has 0 saturated carbocycles. The van der Waals surface area contributed by atoms with E-state index in [0.29, 0.717) is 11.8 Å². The first kappa shape index (κ1) is 15.4. The quantitative estimate of drug-likeness (QED) is 0.889. The van der Waals surface area contributed by atoms with Crippen molar-refractivity contribution in [1.82, 2.24) is 15.1 Å². The molecule has 1 N–H and O–H groups in total. The van der Waals surface area contributed by atoms with Gasteiger partial charge in [-0.05, 0) is 32.0 Å². The lowest BCUT2D eigenvalue weighted by Crippen LogP contribution is -2.52. The average Bonchev–Trinajstić information content (AvgIpc) is 3.09. The number of furan rings is 1. The van der Waals surface area contributed by atoms with Gasteiger partial charge in [-0.2, -0.15) is 0 Å². The van der Waals surface area contributed by atoms with E-state index in [0.717, 1.165) is 45.0 Å². The molecule has 3 heterocycles. The summed E-state index contributed by atoms with van der Waals surface area (Å²) in [4.78, 5) is 16.6. The SMILES string of the molecule is Cc1ccc(C(=O)N2CCN(C3CCNC3)CC2)o1.Cl. The Morgan fingerprint density at radius 1 is 1.30 bits per heavy atom. The van der Waals surface area contributed by atoms with E-state index in [2.05, 4.69) is 10.2 Å². The van der Waals surface area contributed by atoms with E-state index in [9.17, 15) is 4.79 Å². The number of halogens is 1. The summed E-state index contributed by atoms with van der Waals surface area (Å²) in [6.07, 6.45) is 1.23. The molecule has 112 valence electrons. The van der Waals surface area contributed by atoms with Crippen molar-refractivity contribution >= 4 is 18.3 Å². The fourth-order valence-corrected chi connectivity index (χ4v) is 2.95. The predicted molar refractivity (Wildman–Crippen MR) is 79.4 cm³/mol. The van der Waals surface area contributed by atoms with E-state index in [1.165, 1.54) is 6.42 Å². The van der Waals surface area contributed by atoms with Gasteiger partial charge in [0.05, 0.1) is 0 Å². The Kier molecular flexibility index (Phi) is 5.07. The van der Waals surface area contributed by atoms with Gasteiger partial charge in [0.25, 0.3) is 5.91 Å². The van der Waals surface area contributed by atoms with E-state index in [-0.39, 0.29) is 18.3 Å². The molecule has 2 saturated heterocycles. The minimum atomic E-state index is 0. The first-order chi connectivity index (χ1) is 9.24. The minimum absolute atomic E-state index is 0. The van der Waals surface area contributed by atoms with Crippen molar-refractivity contribution in [1.29, 1.82) is 0 Å². The van der Waals surface area contributed by atoms with Crippen LogP contribution in [0.25, 0.3) is 0 Å². The maximum atomic E-state index is 12.2. The number of carbonyl (C=O) groups excluding carboxylic acids is 1. The van der Waals surface area contributed by atoms with Crippen LogP contribution in [0.1, 0.15) is 22.7 Å². The van der Waals surface area contributed by atoms with Gasteiger partial charge >= 0.3 is 0 Å². The van der Waals surface area contributed by atoms with Gasteiger partial charge in [0, 0.05) is 38.8 Å². The number of amides is 1. The summed E-state index contributed by atoms with van der Waals surface area (Å²) in [5.74, 6) is 1.28. The van der Waals surface area contributed by atoms with E-state index >= 15 is 0 Å². The van der Waals surface area contributed by atoms with Crippen molar-refractivity contribution in [2.45, 2.75) is 19.4 Å². The molecular weight excluding hydrogens is 278 g/mol. The Labute approximate surface area is 125 Å². The summed E-state index contributed by atoms with van der Waals surface area (Å²) in [6, 6.07) is 4.27. The van der Waals surface area contributed by atoms with Gasteiger partial charge in [-0.15, -0.1) is 12.4 Å². The number of carbonyl (C=O) groups is 1. The molecule has 0 radical (unpaired) electrons. The molecule has 0 aliphatic carbocycles. The maximum absolute atomic E-state index is 12.2. The lowest BCUT2D eigenvalue weighted by molar-refractivity contribution is 0.0553. The van der Waals surface area contributed by atoms with Crippen LogP contribution in [0.3, 0.4) is 0 Å². The van der Waals surface area contributed by atoms with Crippen molar-refractivity contribution in [3.05, 3.63) is 23.7 Å². The van der Waals surface area contributed by atoms with Crippen LogP contribution in [0, 0.1) is 6.92 Å². The first-order valence-corrected chi connectivity index (χ1v) is 7.04. The highest BCUT2D eigenvalue weighted by molar-refractivity contribution is 5.91. The highest BCUT2D eigenvalue weighted by atomic mass is 35.5. The first-order valence-electron chi connectivity index (χ1n) is 7.04. The minimum Gasteiger partial charge on any atom is -0.456 e. The molecule has 2 fully saturated rings. The largest absolute Gasteiger partial charge is 0.456 e. The molecule has 2 aliphatic rings. The molecule has 0 aromatic carbocycles. The molecule has 1 unspecified atom stereocenters. The van der Waals surface area contributed by atoms with Crippen LogP contribution in [0.2, 0.25) is 0 Å². The standard InChI is InChI=1S/C14H21N3O2.ClH/c1-11-2-3-13(19-11)14(18)17-8-6-16(7-9-17)12-4-5-15-10-12;/h2-3,12,15H,4-10H2,1H3;1H. The van der Waals surface area contributed by atoms with Crippen LogP contribution in [0.5, 0.6) is 0 Å². The van der Waals surface area contributed by atoms with E-state index < -0.39 is 0 Å². The Bertz CT molecular complexity index is 449. The van der Waals surface area contributed by atoms with Crippen LogP contribution in [0.15, 0.2) is 16.5 Å². The zero-order valence-corrected chi connectivity index (χ0v) is 12.6. The lowest BCUT2D eigenvalue weighted by atomic mass is 10.2. The van der Waals surface area contributed by atoms with Gasteiger partial charge in [0.15, 0.2) is 5.76 Å². The number of aryl methyl sites for hydroxylation is 1. The smallest absolute Gasteiger partial charge is 0.289 e. The zero-order chi connectivity index (χ0) is 13.2. The van der Waals surface area contributed by atoms with Gasteiger partial charge in [-0.25, -0.2) is 0 Å². The third-order valence-electron chi connectivity index (χ3n) is 4.10. The predicted octanol–water partition coefficient (Wildman–Crippen LogP) is 1.13. The van der Waals surface area contributed by atoms with Crippen molar-refractivity contribution in [2.75, 3.05) is 39.3 Å². The molecular formula is C14H22ClN3O2. The molecule has 20 heavy (non-hydrogen) atoms. The van der Waals surface area contributed by atoms with Gasteiger partial charge in [-0.1, -0.05) is 0 Å². The molecule has 0 spiro atoms. The van der Waals surface area contributed by atoms with Crippen LogP contribution in [0.4, 0.5) is 0 Å². The second-order valence-electron chi connectivity index (χ2n) is 5.39. The summed E-state index contributed by atoms with van der Waals surface area (Å²) in [7, 11) is 0. The molecule has 1 aromatic rings. The molecule has 1 aromatic heterocycles. The van der Waals surface area contributed by atoms with Crippen molar-refractivity contribution in [3.8, 4) is 0 Å². The summed E-state index contributed by atoms with van der Waals surface area (Å²) in [5, 5.41) is 3.39. The number of piperazine rings is 1. The maximum Gasteiger partial charge on any atom is 0.289 e. The number of nitrogens with zero attached hydrogens (tertiary/aromatic N) is 2. The average molecular weight is 300 g/mol. The fraction of sp³-hybridized carbons (Fsp3) is 0.643. The highest BCUT2D eigenvalue weighted by Crippen LogP contribution is 2.15. The van der Waals surface area contributed by atoms with Crippen molar-refractivity contribution in [3.63, 3.8) is 0 Å². The summed E-state index contributed by atoms with van der Waals surface area (Å²) in [6.45, 7) is 7.61. The van der Waals surface area contributed by atoms with Crippen molar-refractivity contribution in [2.24, 2.45) is 0 Å². The van der Waals surface area contributed by atoms with Gasteiger partial charge in [0.2, 0.25) is 0 Å². The topological polar surface area (TPSA) is 48.7 Å². The molecule has 2 aliphatic heterocycles. The van der Waals surface area contributed by atoms with E-state index in [1.54, 1.807) is 6.07 Å². The van der Waals surface area contributed by atoms with E-state index in [4.69, 9.17) is 4.42 Å². The number of nitrogens with one attached hydrogen (secondary N) is 1. The zero-order valence-electron chi connectivity index (χ0n) is 11.8. The summed E-state index contributed by atoms with van der Waals surface area (Å²) < 4.78 is 5.41. The Hall–Kier alpha value is -1.04. The Balaban J connectivity index is 0.00000147. The van der Waals surface area contributed by atoms with E-state index in [1.807, 2.05) is 17.9 Å². The summed E-state index contributed by atoms with van der Waals surface area (Å²) >= 11 is 0. The fourth-order valence-electron chi connectivity index (χ4n) is 2.95. The van der Waals surface area contributed by atoms with Crippen LogP contribution in [-0.4, -0.2) is 61.0 Å². The number of hydrogen-bond acceptors (Lipinski definition) is 4. The number of hydrogen-bond donors (Lipinski definition) is 1. The summed E-state index contributed by atoms with van der Waals surface area (Å²) in [5.41, 5.74) is 0. The van der Waals surface area contributed by atoms with Crippen LogP contribution in [-0.2, 0) is 0 Å². The van der Waals surface area contributed by atoms with Crippen LogP contribution >= 0.6 is 12.4 Å². The van der Waals surface area contributed by atoms with Crippen LogP contribution < -0.4 is 5.32 Å². The number of rotatable bonds is 2. The normalized spacial score (nSPS) is 23.6. The molecule has 1 amide bonds. The van der Waals surface area contributed by atoms with Gasteiger partial charge in [-0.3, -0.25) is 9.69 Å². The molecule has 0 bridgehead atoms. The molecule has 6 heteroatoms. The Morgan fingerprint density at radius 2 is 2.05 bits per heavy atom. The molecule has 5 nitrogen and oxygen atoms in total.